The highest BCUT2D eigenvalue weighted by Crippen LogP contribution is 2.22. The van der Waals surface area contributed by atoms with E-state index in [1.165, 1.54) is 6.08 Å². The van der Waals surface area contributed by atoms with Crippen LogP contribution in [0.3, 0.4) is 0 Å². The molecule has 0 saturated heterocycles. The molecule has 0 spiro atoms. The van der Waals surface area contributed by atoms with Crippen LogP contribution in [0.1, 0.15) is 11.1 Å². The second-order valence-corrected chi connectivity index (χ2v) is 4.34. The van der Waals surface area contributed by atoms with Gasteiger partial charge in [-0.1, -0.05) is 24.3 Å². The number of carbonyl (C=O) groups is 1. The SMILES string of the molecule is COc1ccc(/C=C\C(=O)O)cc1COc1ccccc1. The summed E-state index contributed by atoms with van der Waals surface area (Å²) in [5, 5.41) is 8.66. The Labute approximate surface area is 123 Å². The molecule has 1 N–H and O–H groups in total. The summed E-state index contributed by atoms with van der Waals surface area (Å²) in [5.41, 5.74) is 1.64. The van der Waals surface area contributed by atoms with Crippen molar-refractivity contribution in [1.29, 1.82) is 0 Å². The largest absolute Gasteiger partial charge is 0.496 e. The van der Waals surface area contributed by atoms with Crippen molar-refractivity contribution in [3.63, 3.8) is 0 Å². The summed E-state index contributed by atoms with van der Waals surface area (Å²) in [5.74, 6) is 0.498. The van der Waals surface area contributed by atoms with Gasteiger partial charge in [-0.3, -0.25) is 0 Å². The highest BCUT2D eigenvalue weighted by atomic mass is 16.5. The molecule has 0 radical (unpaired) electrons. The Balaban J connectivity index is 2.16. The third kappa shape index (κ3) is 4.38. The molecule has 4 heteroatoms. The summed E-state index contributed by atoms with van der Waals surface area (Å²) in [6.07, 6.45) is 2.64. The number of para-hydroxylation sites is 1. The Hall–Kier alpha value is -2.75. The van der Waals surface area contributed by atoms with Crippen molar-refractivity contribution in [3.8, 4) is 11.5 Å². The van der Waals surface area contributed by atoms with Gasteiger partial charge in [0.1, 0.15) is 18.1 Å². The molecule has 2 aromatic carbocycles. The number of hydrogen-bond donors (Lipinski definition) is 1. The molecule has 0 fully saturated rings. The Bertz CT molecular complexity index is 632. The van der Waals surface area contributed by atoms with E-state index in [-0.39, 0.29) is 0 Å². The summed E-state index contributed by atoms with van der Waals surface area (Å²) in [6, 6.07) is 14.9. The first-order valence-corrected chi connectivity index (χ1v) is 6.45. The fraction of sp³-hybridized carbons (Fsp3) is 0.118. The molecule has 2 aromatic rings. The van der Waals surface area contributed by atoms with Gasteiger partial charge in [0.15, 0.2) is 0 Å². The zero-order valence-electron chi connectivity index (χ0n) is 11.7. The summed E-state index contributed by atoms with van der Waals surface area (Å²) >= 11 is 0. The van der Waals surface area contributed by atoms with E-state index >= 15 is 0 Å². The molecule has 0 heterocycles. The maximum Gasteiger partial charge on any atom is 0.328 e. The predicted octanol–water partition coefficient (Wildman–Crippen LogP) is 3.37. The number of rotatable bonds is 6. The van der Waals surface area contributed by atoms with Crippen molar-refractivity contribution >= 4 is 12.0 Å². The lowest BCUT2D eigenvalue weighted by Crippen LogP contribution is -1.99. The molecule has 0 aliphatic heterocycles. The van der Waals surface area contributed by atoms with Crippen molar-refractivity contribution in [2.24, 2.45) is 0 Å². The van der Waals surface area contributed by atoms with Gasteiger partial charge in [-0.25, -0.2) is 4.79 Å². The van der Waals surface area contributed by atoms with Gasteiger partial charge in [0.05, 0.1) is 7.11 Å². The Morgan fingerprint density at radius 2 is 1.95 bits per heavy atom. The summed E-state index contributed by atoms with van der Waals surface area (Å²) in [4.78, 5) is 10.6. The minimum absolute atomic E-state index is 0.349. The van der Waals surface area contributed by atoms with Crippen LogP contribution in [0.25, 0.3) is 6.08 Å². The molecule has 0 aliphatic rings. The van der Waals surface area contributed by atoms with Crippen molar-refractivity contribution in [3.05, 3.63) is 65.7 Å². The van der Waals surface area contributed by atoms with E-state index in [1.807, 2.05) is 36.4 Å². The van der Waals surface area contributed by atoms with Crippen LogP contribution in [0.2, 0.25) is 0 Å². The van der Waals surface area contributed by atoms with Crippen LogP contribution >= 0.6 is 0 Å². The van der Waals surface area contributed by atoms with E-state index in [4.69, 9.17) is 14.6 Å². The first kappa shape index (κ1) is 14.7. The fourth-order valence-electron chi connectivity index (χ4n) is 1.86. The molecule has 0 aromatic heterocycles. The summed E-state index contributed by atoms with van der Waals surface area (Å²) in [7, 11) is 1.59. The molecule has 2 rings (SSSR count). The smallest absolute Gasteiger partial charge is 0.328 e. The number of aliphatic carboxylic acids is 1. The molecule has 0 saturated carbocycles. The first-order valence-electron chi connectivity index (χ1n) is 6.45. The van der Waals surface area contributed by atoms with Crippen molar-refractivity contribution in [1.82, 2.24) is 0 Å². The van der Waals surface area contributed by atoms with Crippen LogP contribution in [0.15, 0.2) is 54.6 Å². The lowest BCUT2D eigenvalue weighted by atomic mass is 10.1. The number of ether oxygens (including phenoxy) is 2. The molecule has 4 nitrogen and oxygen atoms in total. The molecule has 0 unspecified atom stereocenters. The lowest BCUT2D eigenvalue weighted by Gasteiger charge is -2.11. The minimum Gasteiger partial charge on any atom is -0.496 e. The van der Waals surface area contributed by atoms with Gasteiger partial charge >= 0.3 is 5.97 Å². The van der Waals surface area contributed by atoms with Crippen LogP contribution < -0.4 is 9.47 Å². The lowest BCUT2D eigenvalue weighted by molar-refractivity contribution is -0.131. The minimum atomic E-state index is -0.979. The highest BCUT2D eigenvalue weighted by molar-refractivity contribution is 5.85. The van der Waals surface area contributed by atoms with Gasteiger partial charge in [0, 0.05) is 11.6 Å². The standard InChI is InChI=1S/C17H16O4/c1-20-16-9-7-13(8-10-17(18)19)11-14(16)12-21-15-5-3-2-4-6-15/h2-11H,12H2,1H3,(H,18,19)/b10-8-. The summed E-state index contributed by atoms with van der Waals surface area (Å²) < 4.78 is 11.0. The van der Waals surface area contributed by atoms with Crippen LogP contribution in [-0.4, -0.2) is 18.2 Å². The van der Waals surface area contributed by atoms with Gasteiger partial charge in [0.25, 0.3) is 0 Å². The quantitative estimate of drug-likeness (QED) is 0.826. The van der Waals surface area contributed by atoms with Gasteiger partial charge < -0.3 is 14.6 Å². The average Bonchev–Trinajstić information content (AvgIpc) is 2.52. The zero-order valence-corrected chi connectivity index (χ0v) is 11.7. The second kappa shape index (κ2) is 7.14. The van der Waals surface area contributed by atoms with Crippen LogP contribution in [0.4, 0.5) is 0 Å². The van der Waals surface area contributed by atoms with Crippen LogP contribution in [0.5, 0.6) is 11.5 Å². The maximum absolute atomic E-state index is 10.6. The highest BCUT2D eigenvalue weighted by Gasteiger charge is 2.05. The Kier molecular flexibility index (Phi) is 4.99. The van der Waals surface area contributed by atoms with E-state index < -0.39 is 5.97 Å². The van der Waals surface area contributed by atoms with Crippen molar-refractivity contribution < 1.29 is 19.4 Å². The molecule has 0 bridgehead atoms. The average molecular weight is 284 g/mol. The van der Waals surface area contributed by atoms with Gasteiger partial charge in [-0.15, -0.1) is 0 Å². The third-order valence-electron chi connectivity index (χ3n) is 2.86. The van der Waals surface area contributed by atoms with E-state index in [9.17, 15) is 4.79 Å². The topological polar surface area (TPSA) is 55.8 Å². The molecule has 21 heavy (non-hydrogen) atoms. The number of methoxy groups -OCH3 is 1. The zero-order chi connectivity index (χ0) is 15.1. The molecular weight excluding hydrogens is 268 g/mol. The third-order valence-corrected chi connectivity index (χ3v) is 2.86. The van der Waals surface area contributed by atoms with E-state index in [0.29, 0.717) is 12.4 Å². The normalized spacial score (nSPS) is 10.5. The monoisotopic (exact) mass is 284 g/mol. The molecule has 0 atom stereocenters. The number of hydrogen-bond acceptors (Lipinski definition) is 3. The number of carboxylic acid groups (broad SMARTS) is 1. The van der Waals surface area contributed by atoms with Gasteiger partial charge in [0.2, 0.25) is 0 Å². The van der Waals surface area contributed by atoms with E-state index in [0.717, 1.165) is 23.0 Å². The van der Waals surface area contributed by atoms with Gasteiger partial charge in [-0.05, 0) is 35.9 Å². The molecular formula is C17H16O4. The Morgan fingerprint density at radius 3 is 2.62 bits per heavy atom. The van der Waals surface area contributed by atoms with Crippen LogP contribution in [-0.2, 0) is 11.4 Å². The maximum atomic E-state index is 10.6. The van der Waals surface area contributed by atoms with Crippen molar-refractivity contribution in [2.75, 3.05) is 7.11 Å². The first-order chi connectivity index (χ1) is 10.2. The summed E-state index contributed by atoms with van der Waals surface area (Å²) in [6.45, 7) is 0.349. The number of carboxylic acids is 1. The van der Waals surface area contributed by atoms with Gasteiger partial charge in [-0.2, -0.15) is 0 Å². The fourth-order valence-corrected chi connectivity index (χ4v) is 1.86. The van der Waals surface area contributed by atoms with E-state index in [1.54, 1.807) is 19.2 Å². The second-order valence-electron chi connectivity index (χ2n) is 4.34. The molecule has 108 valence electrons. The number of benzene rings is 2. The van der Waals surface area contributed by atoms with E-state index in [2.05, 4.69) is 0 Å². The molecule has 0 amide bonds. The van der Waals surface area contributed by atoms with Crippen molar-refractivity contribution in [2.45, 2.75) is 6.61 Å². The predicted molar refractivity (Wildman–Crippen MR) is 80.4 cm³/mol. The Morgan fingerprint density at radius 1 is 1.19 bits per heavy atom. The van der Waals surface area contributed by atoms with Crippen LogP contribution in [0, 0.1) is 0 Å². The molecule has 0 aliphatic carbocycles.